The predicted octanol–water partition coefficient (Wildman–Crippen LogP) is 14.2. The standard InChI is InChI=1S/C68H80N10O2/c1-41(2)43(5)45(7)47(9)49(11)68(12,48(10)46(8)44(6)42(3)4)67(80)73-31-13-30-72-62(79)40-78-38-28-53(29-39-78)66-60-20-18-58(76-60)64(51-24-34-70-35-25-51)56-16-14-54(74-56)63(50-22-32-69-33-23-50)55-15-17-57(75-55)65(52-26-36-71-37-27-52)59-19-21-61(66)77-59/h14-29,32-39,41-49H,13,30-31,40H2,1-12H3,(H3,72,73,74,75,76,77,79,80)/p+1. The number of nitrogens with one attached hydrogen (secondary N) is 4. The van der Waals surface area contributed by atoms with Gasteiger partial charge in [-0.2, -0.15) is 4.57 Å². The Kier molecular flexibility index (Phi) is 17.5. The summed E-state index contributed by atoms with van der Waals surface area (Å²) >= 11 is 0. The van der Waals surface area contributed by atoms with Gasteiger partial charge in [0.2, 0.25) is 12.5 Å². The number of carbonyl (C=O) groups excluding carboxylic acids is 2. The second-order valence-corrected chi connectivity index (χ2v) is 23.6. The Morgan fingerprint density at radius 2 is 0.800 bits per heavy atom. The van der Waals surface area contributed by atoms with Crippen molar-refractivity contribution in [2.45, 2.75) is 96.1 Å². The van der Waals surface area contributed by atoms with E-state index < -0.39 is 5.41 Å². The highest BCUT2D eigenvalue weighted by Gasteiger charge is 2.49. The molecule has 2 aliphatic rings. The molecule has 0 aliphatic carbocycles. The van der Waals surface area contributed by atoms with Crippen molar-refractivity contribution in [1.29, 1.82) is 0 Å². The van der Waals surface area contributed by atoms with E-state index in [2.05, 4.69) is 167 Å². The van der Waals surface area contributed by atoms with Crippen LogP contribution in [0, 0.1) is 58.7 Å². The molecule has 2 amide bonds. The number of aromatic amines is 2. The van der Waals surface area contributed by atoms with Crippen molar-refractivity contribution < 1.29 is 14.2 Å². The summed E-state index contributed by atoms with van der Waals surface area (Å²) in [4.78, 5) is 59.6. The third-order valence-corrected chi connectivity index (χ3v) is 18.7. The number of hydrogen-bond donors (Lipinski definition) is 4. The van der Waals surface area contributed by atoms with E-state index in [0.29, 0.717) is 60.9 Å². The number of pyridine rings is 4. The van der Waals surface area contributed by atoms with Crippen molar-refractivity contribution in [2.75, 3.05) is 13.1 Å². The Bertz CT molecular complexity index is 3490. The fourth-order valence-electron chi connectivity index (χ4n) is 12.2. The minimum atomic E-state index is -0.570. The largest absolute Gasteiger partial charge is 0.356 e. The molecule has 0 spiro atoms. The maximum Gasteiger partial charge on any atom is 0.285 e. The van der Waals surface area contributed by atoms with Gasteiger partial charge in [-0.3, -0.25) is 24.5 Å². The van der Waals surface area contributed by atoms with Crippen molar-refractivity contribution >= 4 is 58.2 Å². The highest BCUT2D eigenvalue weighted by Crippen LogP contribution is 2.49. The Hall–Kier alpha value is -7.86. The number of rotatable bonds is 20. The number of aromatic nitrogens is 8. The summed E-state index contributed by atoms with van der Waals surface area (Å²) in [5.74, 6) is 3.66. The first-order valence-electron chi connectivity index (χ1n) is 28.9. The molecule has 7 aromatic heterocycles. The van der Waals surface area contributed by atoms with E-state index in [9.17, 15) is 9.59 Å². The van der Waals surface area contributed by atoms with Crippen LogP contribution in [0.15, 0.2) is 122 Å². The highest BCUT2D eigenvalue weighted by atomic mass is 16.2. The lowest BCUT2D eigenvalue weighted by molar-refractivity contribution is -0.684. The van der Waals surface area contributed by atoms with Crippen LogP contribution in [0.4, 0.5) is 0 Å². The SMILES string of the molecule is CC(C)C(C)C(C)C(C)C(C)C(C)(C(=O)NCCCNC(=O)C[n+]1ccc(-c2c3nc(c(-c4ccncc4)c4ccc([nH]4)c(-c4ccncc4)c4nc(c(-c5ccncc5)c5ccc2[nH]5)C=C4)C=C3)cc1)C(C)C(C)C(C)C(C)C. The average molecular weight is 1070 g/mol. The van der Waals surface area contributed by atoms with Crippen LogP contribution in [0.3, 0.4) is 0 Å². The molecule has 8 atom stereocenters. The Morgan fingerprint density at radius 1 is 0.463 bits per heavy atom. The minimum Gasteiger partial charge on any atom is -0.356 e. The van der Waals surface area contributed by atoms with Crippen LogP contribution < -0.4 is 15.2 Å². The normalized spacial score (nSPS) is 15.7. The van der Waals surface area contributed by atoms with Gasteiger partial charge in [-0.1, -0.05) is 83.1 Å². The van der Waals surface area contributed by atoms with Crippen molar-refractivity contribution in [2.24, 2.45) is 58.7 Å². The molecule has 0 radical (unpaired) electrons. The second-order valence-electron chi connectivity index (χ2n) is 23.6. The van der Waals surface area contributed by atoms with E-state index in [1.54, 1.807) is 37.2 Å². The number of fused-ring (bicyclic) bond motifs is 8. The van der Waals surface area contributed by atoms with E-state index in [1.807, 2.05) is 65.5 Å². The second kappa shape index (κ2) is 24.7. The van der Waals surface area contributed by atoms with Crippen LogP contribution in [0.2, 0.25) is 0 Å². The third kappa shape index (κ3) is 11.9. The molecule has 8 bridgehead atoms. The van der Waals surface area contributed by atoms with E-state index >= 15 is 0 Å². The van der Waals surface area contributed by atoms with Gasteiger partial charge in [-0.05, 0) is 167 Å². The van der Waals surface area contributed by atoms with Crippen molar-refractivity contribution in [1.82, 2.24) is 45.5 Å². The minimum absolute atomic E-state index is 0.103. The van der Waals surface area contributed by atoms with Crippen molar-refractivity contribution in [3.05, 3.63) is 145 Å². The molecule has 0 saturated heterocycles. The van der Waals surface area contributed by atoms with Crippen molar-refractivity contribution in [3.8, 4) is 44.5 Å². The summed E-state index contributed by atoms with van der Waals surface area (Å²) in [5.41, 5.74) is 13.7. The van der Waals surface area contributed by atoms with Gasteiger partial charge in [0.05, 0.1) is 28.2 Å². The summed E-state index contributed by atoms with van der Waals surface area (Å²) in [6.45, 7) is 28.8. The first kappa shape index (κ1) is 56.8. The maximum absolute atomic E-state index is 14.6. The maximum atomic E-state index is 14.6. The van der Waals surface area contributed by atoms with Crippen LogP contribution in [-0.4, -0.2) is 59.8 Å². The number of amides is 2. The van der Waals surface area contributed by atoms with Crippen LogP contribution in [0.1, 0.15) is 112 Å². The molecule has 12 heteroatoms. The van der Waals surface area contributed by atoms with Gasteiger partial charge in [-0.25, -0.2) is 9.97 Å². The molecular weight excluding hydrogens is 989 g/mol. The summed E-state index contributed by atoms with van der Waals surface area (Å²) in [6.07, 6.45) is 23.6. The molecule has 2 aliphatic heterocycles. The summed E-state index contributed by atoms with van der Waals surface area (Å²) < 4.78 is 1.89. The van der Waals surface area contributed by atoms with E-state index in [0.717, 1.165) is 89.4 Å². The van der Waals surface area contributed by atoms with Gasteiger partial charge >= 0.3 is 0 Å². The molecule has 8 unspecified atom stereocenters. The summed E-state index contributed by atoms with van der Waals surface area (Å²) in [6, 6.07) is 24.5. The molecule has 414 valence electrons. The van der Waals surface area contributed by atoms with Crippen LogP contribution >= 0.6 is 0 Å². The third-order valence-electron chi connectivity index (χ3n) is 18.7. The molecule has 9 rings (SSSR count). The Labute approximate surface area is 473 Å². The molecule has 12 nitrogen and oxygen atoms in total. The molecule has 0 fully saturated rings. The molecule has 4 N–H and O–H groups in total. The fraction of sp³-hybridized carbons (Fsp3) is 0.382. The summed E-state index contributed by atoms with van der Waals surface area (Å²) in [7, 11) is 0. The zero-order valence-electron chi connectivity index (χ0n) is 48.9. The molecule has 9 heterocycles. The average Bonchev–Trinajstić information content (AvgIpc) is 4.34. The number of hydrogen-bond acceptors (Lipinski definition) is 7. The van der Waals surface area contributed by atoms with Crippen molar-refractivity contribution in [3.63, 3.8) is 0 Å². The van der Waals surface area contributed by atoms with Crippen LogP contribution in [0.25, 0.3) is 90.9 Å². The van der Waals surface area contributed by atoms with Crippen LogP contribution in [-0.2, 0) is 16.1 Å². The fourth-order valence-corrected chi connectivity index (χ4v) is 12.2. The Balaban J connectivity index is 1.00. The van der Waals surface area contributed by atoms with Gasteiger partial charge in [0.1, 0.15) is 0 Å². The molecule has 0 aromatic carbocycles. The van der Waals surface area contributed by atoms with Gasteiger partial charge in [0, 0.05) is 107 Å². The lowest BCUT2D eigenvalue weighted by Crippen LogP contribution is -2.52. The topological polar surface area (TPSA) is 158 Å². The monoisotopic (exact) mass is 1070 g/mol. The molecule has 0 saturated carbocycles. The zero-order valence-corrected chi connectivity index (χ0v) is 48.9. The van der Waals surface area contributed by atoms with E-state index in [4.69, 9.17) is 9.97 Å². The molecule has 7 aromatic rings. The zero-order chi connectivity index (χ0) is 56.8. The van der Waals surface area contributed by atoms with Gasteiger partial charge in [-0.15, -0.1) is 0 Å². The Morgan fingerprint density at radius 3 is 1.18 bits per heavy atom. The first-order chi connectivity index (χ1) is 38.5. The number of carbonyl (C=O) groups is 2. The highest BCUT2D eigenvalue weighted by molar-refractivity contribution is 5.99. The molecular formula is C68H81N10O2+. The quantitative estimate of drug-likeness (QED) is 0.0437. The van der Waals surface area contributed by atoms with E-state index in [-0.39, 0.29) is 30.2 Å². The number of H-pyrrole nitrogens is 2. The van der Waals surface area contributed by atoms with E-state index in [1.165, 1.54) is 0 Å². The molecule has 80 heavy (non-hydrogen) atoms. The first-order valence-corrected chi connectivity index (χ1v) is 28.9. The number of nitrogens with zero attached hydrogens (tertiary/aromatic N) is 6. The van der Waals surface area contributed by atoms with Gasteiger partial charge in [0.25, 0.3) is 5.91 Å². The lowest BCUT2D eigenvalue weighted by Gasteiger charge is -2.48. The summed E-state index contributed by atoms with van der Waals surface area (Å²) in [5, 5.41) is 6.48. The smallest absolute Gasteiger partial charge is 0.285 e. The van der Waals surface area contributed by atoms with Gasteiger partial charge < -0.3 is 20.6 Å². The lowest BCUT2D eigenvalue weighted by atomic mass is 9.57. The predicted molar refractivity (Wildman–Crippen MR) is 327 cm³/mol. The van der Waals surface area contributed by atoms with Gasteiger partial charge in [0.15, 0.2) is 12.4 Å². The van der Waals surface area contributed by atoms with Crippen LogP contribution in [0.5, 0.6) is 0 Å².